The Hall–Kier alpha value is -2.54. The number of carbonyl (C=O) groups excluding carboxylic acids is 2. The number of fused-ring (bicyclic) bond motifs is 1. The van der Waals surface area contributed by atoms with E-state index in [9.17, 15) is 9.59 Å². The topological polar surface area (TPSA) is 71.4 Å². The minimum absolute atomic E-state index is 0.0105. The van der Waals surface area contributed by atoms with Gasteiger partial charge in [0.05, 0.1) is 16.1 Å². The Balaban J connectivity index is 1.60. The van der Waals surface area contributed by atoms with Gasteiger partial charge in [-0.3, -0.25) is 14.6 Å². The Labute approximate surface area is 211 Å². The number of halogens is 2. The maximum Gasteiger partial charge on any atom is 0.235 e. The number of anilines is 1. The van der Waals surface area contributed by atoms with Crippen molar-refractivity contribution in [3.8, 4) is 0 Å². The van der Waals surface area contributed by atoms with E-state index in [1.54, 1.807) is 12.1 Å². The minimum atomic E-state index is -0.699. The number of aromatic nitrogens is 1. The lowest BCUT2D eigenvalue weighted by molar-refractivity contribution is -0.119. The monoisotopic (exact) mass is 511 g/mol. The molecule has 0 spiro atoms. The van der Waals surface area contributed by atoms with E-state index in [1.165, 1.54) is 11.3 Å². The van der Waals surface area contributed by atoms with Gasteiger partial charge in [0.1, 0.15) is 0 Å². The number of hydrogen-bond donors (Lipinski definition) is 1. The van der Waals surface area contributed by atoms with Crippen LogP contribution in [0.4, 0.5) is 5.13 Å². The van der Waals surface area contributed by atoms with Crippen molar-refractivity contribution >= 4 is 67.3 Å². The third kappa shape index (κ3) is 4.19. The summed E-state index contributed by atoms with van der Waals surface area (Å²) in [7, 11) is 0. The fraction of sp³-hybridized carbons (Fsp3) is 0.308. The molecule has 1 N–H and O–H groups in total. The van der Waals surface area contributed by atoms with Gasteiger partial charge in [0.2, 0.25) is 5.91 Å². The average molecular weight is 512 g/mol. The Morgan fingerprint density at radius 2 is 1.91 bits per heavy atom. The summed E-state index contributed by atoms with van der Waals surface area (Å²) in [6.45, 7) is 5.97. The molecule has 0 saturated heterocycles. The van der Waals surface area contributed by atoms with Gasteiger partial charge in [-0.15, -0.1) is 0 Å². The van der Waals surface area contributed by atoms with E-state index in [0.717, 1.165) is 15.9 Å². The van der Waals surface area contributed by atoms with Gasteiger partial charge in [0.15, 0.2) is 10.9 Å². The molecule has 2 aromatic carbocycles. The third-order valence-corrected chi connectivity index (χ3v) is 7.92. The van der Waals surface area contributed by atoms with Crippen LogP contribution in [0, 0.1) is 11.3 Å². The molecule has 0 radical (unpaired) electrons. The van der Waals surface area contributed by atoms with E-state index >= 15 is 0 Å². The fourth-order valence-corrected chi connectivity index (χ4v) is 6.38. The highest BCUT2D eigenvalue weighted by molar-refractivity contribution is 7.22. The Morgan fingerprint density at radius 3 is 2.65 bits per heavy atom. The number of benzene rings is 2. The van der Waals surface area contributed by atoms with Crippen LogP contribution in [0.15, 0.2) is 58.7 Å². The van der Waals surface area contributed by atoms with Crippen LogP contribution in [0.3, 0.4) is 0 Å². The number of allylic oxidation sites excluding steroid dienone is 2. The number of carbonyl (C=O) groups is 2. The number of hydrogen-bond acceptors (Lipinski definition) is 5. The first-order valence-corrected chi connectivity index (χ1v) is 12.6. The number of amides is 1. The molecule has 34 heavy (non-hydrogen) atoms. The molecule has 5 rings (SSSR count). The maximum absolute atomic E-state index is 13.7. The van der Waals surface area contributed by atoms with Crippen molar-refractivity contribution in [2.24, 2.45) is 16.3 Å². The van der Waals surface area contributed by atoms with Crippen LogP contribution in [0.5, 0.6) is 0 Å². The summed E-state index contributed by atoms with van der Waals surface area (Å²) in [5.41, 5.74) is 3.31. The Kier molecular flexibility index (Phi) is 5.87. The highest BCUT2D eigenvalue weighted by atomic mass is 35.5. The molecule has 1 amide bonds. The summed E-state index contributed by atoms with van der Waals surface area (Å²) >= 11 is 14.2. The van der Waals surface area contributed by atoms with Crippen molar-refractivity contribution in [2.45, 2.75) is 39.5 Å². The van der Waals surface area contributed by atoms with Crippen molar-refractivity contribution in [1.82, 2.24) is 4.98 Å². The SMILES string of the molecule is CC1=NC2=C(C(=O)CC(C)(C)C2)[C@@H](c2ccc(Cl)cc2Cl)C1C(=O)Nc1nc2ccccc2s1. The fourth-order valence-electron chi connectivity index (χ4n) is 4.98. The van der Waals surface area contributed by atoms with E-state index < -0.39 is 11.8 Å². The molecule has 5 nitrogen and oxygen atoms in total. The molecule has 3 aromatic rings. The lowest BCUT2D eigenvalue weighted by Crippen LogP contribution is -2.41. The molecular weight excluding hydrogens is 489 g/mol. The standard InChI is InChI=1S/C26H23Cl2N3O2S/c1-13-21(24(33)31-25-30-17-6-4-5-7-20(17)34-25)22(15-9-8-14(27)10-16(15)28)23-18(29-13)11-26(2,3)12-19(23)32/h4-10,21-22H,11-12H2,1-3H3,(H,30,31,33)/t21?,22-/m0/s1. The number of para-hydroxylation sites is 1. The first-order chi connectivity index (χ1) is 16.1. The van der Waals surface area contributed by atoms with Gasteiger partial charge < -0.3 is 5.32 Å². The van der Waals surface area contributed by atoms with Gasteiger partial charge in [-0.2, -0.15) is 0 Å². The van der Waals surface area contributed by atoms with Gasteiger partial charge in [-0.25, -0.2) is 4.98 Å². The van der Waals surface area contributed by atoms with Crippen molar-refractivity contribution in [1.29, 1.82) is 0 Å². The molecule has 2 aliphatic rings. The Morgan fingerprint density at radius 1 is 1.15 bits per heavy atom. The maximum atomic E-state index is 13.7. The predicted molar refractivity (Wildman–Crippen MR) is 139 cm³/mol. The van der Waals surface area contributed by atoms with Crippen LogP contribution in [-0.4, -0.2) is 22.4 Å². The number of aliphatic imine (C=N–C) groups is 1. The quantitative estimate of drug-likeness (QED) is 0.409. The smallest absolute Gasteiger partial charge is 0.235 e. The van der Waals surface area contributed by atoms with Crippen LogP contribution in [-0.2, 0) is 9.59 Å². The number of nitrogens with zero attached hydrogens (tertiary/aromatic N) is 2. The Bertz CT molecular complexity index is 1370. The van der Waals surface area contributed by atoms with Crippen LogP contribution >= 0.6 is 34.5 Å². The highest BCUT2D eigenvalue weighted by Gasteiger charge is 2.46. The summed E-state index contributed by atoms with van der Waals surface area (Å²) in [6.07, 6.45) is 1.06. The van der Waals surface area contributed by atoms with Crippen molar-refractivity contribution in [2.75, 3.05) is 5.32 Å². The van der Waals surface area contributed by atoms with E-state index in [-0.39, 0.29) is 17.1 Å². The molecule has 1 aromatic heterocycles. The molecule has 2 heterocycles. The zero-order valence-corrected chi connectivity index (χ0v) is 21.3. The molecule has 0 saturated carbocycles. The second-order valence-corrected chi connectivity index (χ2v) is 11.5. The third-order valence-electron chi connectivity index (χ3n) is 6.41. The first-order valence-electron chi connectivity index (χ1n) is 11.1. The van der Waals surface area contributed by atoms with Gasteiger partial charge in [-0.05, 0) is 48.6 Å². The first kappa shape index (κ1) is 23.2. The zero-order valence-electron chi connectivity index (χ0n) is 19.0. The number of Topliss-reactive ketones (excluding diaryl/α,β-unsaturated/α-hetero) is 1. The number of nitrogens with one attached hydrogen (secondary N) is 1. The average Bonchev–Trinajstić information content (AvgIpc) is 3.14. The van der Waals surface area contributed by atoms with Crippen molar-refractivity contribution in [3.05, 3.63) is 69.3 Å². The van der Waals surface area contributed by atoms with Crippen LogP contribution in [0.1, 0.15) is 45.1 Å². The summed E-state index contributed by atoms with van der Waals surface area (Å²) < 4.78 is 0.985. The summed E-state index contributed by atoms with van der Waals surface area (Å²) in [5.74, 6) is -1.50. The van der Waals surface area contributed by atoms with E-state index in [2.05, 4.69) is 24.1 Å². The predicted octanol–water partition coefficient (Wildman–Crippen LogP) is 7.06. The van der Waals surface area contributed by atoms with Gasteiger partial charge in [-0.1, -0.05) is 66.6 Å². The number of thiazole rings is 1. The van der Waals surface area contributed by atoms with Crippen molar-refractivity contribution in [3.63, 3.8) is 0 Å². The molecule has 174 valence electrons. The second-order valence-electron chi connectivity index (χ2n) is 9.65. The number of rotatable bonds is 3. The van der Waals surface area contributed by atoms with Gasteiger partial charge in [0, 0.05) is 39.4 Å². The van der Waals surface area contributed by atoms with E-state index in [4.69, 9.17) is 28.2 Å². The zero-order chi connectivity index (χ0) is 24.2. The summed E-state index contributed by atoms with van der Waals surface area (Å²) in [6, 6.07) is 12.9. The summed E-state index contributed by atoms with van der Waals surface area (Å²) in [4.78, 5) is 36.4. The van der Waals surface area contributed by atoms with Crippen LogP contribution in [0.2, 0.25) is 10.0 Å². The molecule has 1 aliphatic carbocycles. The molecule has 2 atom stereocenters. The van der Waals surface area contributed by atoms with E-state index in [1.807, 2.05) is 37.3 Å². The lowest BCUT2D eigenvalue weighted by atomic mass is 9.66. The minimum Gasteiger partial charge on any atom is -0.301 e. The normalized spacial score (nSPS) is 21.9. The summed E-state index contributed by atoms with van der Waals surface area (Å²) in [5, 5.41) is 4.40. The van der Waals surface area contributed by atoms with Gasteiger partial charge in [0.25, 0.3) is 0 Å². The van der Waals surface area contributed by atoms with Gasteiger partial charge >= 0.3 is 0 Å². The highest BCUT2D eigenvalue weighted by Crippen LogP contribution is 2.49. The molecule has 8 heteroatoms. The van der Waals surface area contributed by atoms with E-state index in [0.29, 0.717) is 44.9 Å². The second kappa shape index (κ2) is 8.59. The lowest BCUT2D eigenvalue weighted by Gasteiger charge is -2.39. The molecule has 1 aliphatic heterocycles. The molecular formula is C26H23Cl2N3O2S. The van der Waals surface area contributed by atoms with Crippen LogP contribution in [0.25, 0.3) is 10.2 Å². The largest absolute Gasteiger partial charge is 0.301 e. The number of ketones is 1. The van der Waals surface area contributed by atoms with Crippen molar-refractivity contribution < 1.29 is 9.59 Å². The molecule has 1 unspecified atom stereocenters. The van der Waals surface area contributed by atoms with Crippen LogP contribution < -0.4 is 5.32 Å². The molecule has 0 bridgehead atoms. The molecule has 0 fully saturated rings.